The van der Waals surface area contributed by atoms with E-state index >= 15 is 8.78 Å². The summed E-state index contributed by atoms with van der Waals surface area (Å²) >= 11 is 0. The lowest BCUT2D eigenvalue weighted by atomic mass is 9.91. The molecule has 3 aromatic carbocycles. The maximum Gasteiger partial charge on any atom is 0.319 e. The van der Waals surface area contributed by atoms with Crippen molar-refractivity contribution in [2.75, 3.05) is 18.0 Å². The Bertz CT molecular complexity index is 1850. The second-order valence-electron chi connectivity index (χ2n) is 11.0. The third-order valence-corrected chi connectivity index (χ3v) is 8.39. The Kier molecular flexibility index (Phi) is 6.41. The number of nitrogens with zero attached hydrogens (tertiary/aromatic N) is 5. The number of phenols is 1. The number of piperazine rings is 1. The first kappa shape index (κ1) is 26.5. The number of halogens is 3. The van der Waals surface area contributed by atoms with Crippen molar-refractivity contribution in [2.24, 2.45) is 7.05 Å². The molecule has 2 fully saturated rings. The van der Waals surface area contributed by atoms with E-state index in [9.17, 15) is 9.50 Å². The van der Waals surface area contributed by atoms with Crippen LogP contribution in [0.3, 0.4) is 0 Å². The first-order valence-corrected chi connectivity index (χ1v) is 14.0. The Morgan fingerprint density at radius 1 is 1.05 bits per heavy atom. The summed E-state index contributed by atoms with van der Waals surface area (Å²) in [5.41, 5.74) is -0.166. The van der Waals surface area contributed by atoms with Crippen LogP contribution in [0.25, 0.3) is 32.8 Å². The first-order valence-electron chi connectivity index (χ1n) is 14.0. The molecule has 2 atom stereocenters. The molecular weight excluding hydrogens is 545 g/mol. The second-order valence-corrected chi connectivity index (χ2v) is 11.0. The highest BCUT2D eigenvalue weighted by atomic mass is 19.1. The van der Waals surface area contributed by atoms with Crippen molar-refractivity contribution in [3.8, 4) is 22.9 Å². The lowest BCUT2D eigenvalue weighted by Crippen LogP contribution is -2.51. The van der Waals surface area contributed by atoms with Crippen LogP contribution in [0.5, 0.6) is 11.8 Å². The van der Waals surface area contributed by atoms with E-state index < -0.39 is 23.0 Å². The van der Waals surface area contributed by atoms with Crippen molar-refractivity contribution in [1.29, 1.82) is 0 Å². The standard InChI is InChI=1S/C31H29F3N6O2/c1-3-20-23(32)7-4-16-10-19(41)11-21(26(16)20)27-24(33)12-22-29(28(27)34)37-31(42-15-25-35-8-9-39(25)2)38-30(22)40-13-17-5-6-18(14-40)36-17/h4,7-12,17-18,36,41H,3,5-6,13-15H2,1-2H3. The highest BCUT2D eigenvalue weighted by Gasteiger charge is 2.34. The van der Waals surface area contributed by atoms with Gasteiger partial charge in [-0.3, -0.25) is 0 Å². The van der Waals surface area contributed by atoms with Gasteiger partial charge in [0.25, 0.3) is 0 Å². The van der Waals surface area contributed by atoms with Crippen LogP contribution in [-0.2, 0) is 20.1 Å². The van der Waals surface area contributed by atoms with Crippen molar-refractivity contribution < 1.29 is 23.0 Å². The smallest absolute Gasteiger partial charge is 0.319 e. The predicted octanol–water partition coefficient (Wildman–Crippen LogP) is 5.39. The number of hydrogen-bond donors (Lipinski definition) is 2. The number of nitrogens with one attached hydrogen (secondary N) is 1. The molecule has 2 saturated heterocycles. The molecule has 4 heterocycles. The third-order valence-electron chi connectivity index (χ3n) is 8.39. The number of benzene rings is 3. The van der Waals surface area contributed by atoms with E-state index in [2.05, 4.69) is 20.3 Å². The van der Waals surface area contributed by atoms with Gasteiger partial charge in [0, 0.05) is 50.0 Å². The van der Waals surface area contributed by atoms with Gasteiger partial charge in [-0.05, 0) is 65.4 Å². The number of rotatable bonds is 6. The van der Waals surface area contributed by atoms with E-state index in [4.69, 9.17) is 4.74 Å². The van der Waals surface area contributed by atoms with Gasteiger partial charge in [0.2, 0.25) is 0 Å². The lowest BCUT2D eigenvalue weighted by molar-refractivity contribution is 0.269. The fourth-order valence-electron chi connectivity index (χ4n) is 6.39. The molecule has 2 aliphatic rings. The third kappa shape index (κ3) is 4.39. The summed E-state index contributed by atoms with van der Waals surface area (Å²) in [5, 5.41) is 15.1. The Labute approximate surface area is 239 Å². The second kappa shape index (κ2) is 10.2. The van der Waals surface area contributed by atoms with Crippen LogP contribution >= 0.6 is 0 Å². The molecule has 5 aromatic rings. The minimum Gasteiger partial charge on any atom is -0.508 e. The Morgan fingerprint density at radius 3 is 2.55 bits per heavy atom. The highest BCUT2D eigenvalue weighted by molar-refractivity contribution is 6.03. The number of aromatic hydroxyl groups is 1. The number of ether oxygens (including phenoxy) is 1. The van der Waals surface area contributed by atoms with Crippen LogP contribution in [0, 0.1) is 17.5 Å². The van der Waals surface area contributed by atoms with Gasteiger partial charge >= 0.3 is 6.01 Å². The topological polar surface area (TPSA) is 88.3 Å². The average molecular weight is 575 g/mol. The van der Waals surface area contributed by atoms with E-state index in [1.165, 1.54) is 30.3 Å². The normalized spacial score (nSPS) is 18.4. The largest absolute Gasteiger partial charge is 0.508 e. The molecule has 2 N–H and O–H groups in total. The number of aromatic nitrogens is 4. The number of anilines is 1. The van der Waals surface area contributed by atoms with Gasteiger partial charge < -0.3 is 24.6 Å². The van der Waals surface area contributed by atoms with E-state index in [0.717, 1.165) is 12.8 Å². The van der Waals surface area contributed by atoms with Gasteiger partial charge in [-0.25, -0.2) is 18.2 Å². The van der Waals surface area contributed by atoms with Crippen LogP contribution in [0.4, 0.5) is 19.0 Å². The molecule has 2 aromatic heterocycles. The van der Waals surface area contributed by atoms with Gasteiger partial charge in [-0.2, -0.15) is 9.97 Å². The molecule has 0 spiro atoms. The molecule has 0 radical (unpaired) electrons. The summed E-state index contributed by atoms with van der Waals surface area (Å²) in [7, 11) is 1.83. The van der Waals surface area contributed by atoms with Crippen molar-refractivity contribution in [1.82, 2.24) is 24.8 Å². The van der Waals surface area contributed by atoms with E-state index in [1.807, 2.05) is 11.9 Å². The summed E-state index contributed by atoms with van der Waals surface area (Å²) in [6.45, 7) is 3.08. The van der Waals surface area contributed by atoms with E-state index in [0.29, 0.717) is 47.5 Å². The maximum atomic E-state index is 16.7. The quantitative estimate of drug-likeness (QED) is 0.281. The molecule has 2 bridgehead atoms. The lowest BCUT2D eigenvalue weighted by Gasteiger charge is -2.34. The van der Waals surface area contributed by atoms with Crippen LogP contribution in [-0.4, -0.2) is 49.8 Å². The number of fused-ring (bicyclic) bond motifs is 4. The van der Waals surface area contributed by atoms with Gasteiger partial charge in [0.15, 0.2) is 5.82 Å². The average Bonchev–Trinajstić information content (AvgIpc) is 3.54. The summed E-state index contributed by atoms with van der Waals surface area (Å²) < 4.78 is 55.4. The number of aryl methyl sites for hydroxylation is 2. The Hall–Kier alpha value is -4.38. The van der Waals surface area contributed by atoms with Crippen molar-refractivity contribution in [3.63, 3.8) is 0 Å². The predicted molar refractivity (Wildman–Crippen MR) is 153 cm³/mol. The van der Waals surface area contributed by atoms with Gasteiger partial charge in [-0.15, -0.1) is 0 Å². The zero-order valence-corrected chi connectivity index (χ0v) is 23.2. The maximum absolute atomic E-state index is 16.7. The van der Waals surface area contributed by atoms with Crippen molar-refractivity contribution in [2.45, 2.75) is 44.9 Å². The zero-order valence-electron chi connectivity index (χ0n) is 23.2. The molecule has 0 aliphatic carbocycles. The number of hydrogen-bond acceptors (Lipinski definition) is 7. The van der Waals surface area contributed by atoms with Crippen molar-refractivity contribution in [3.05, 3.63) is 71.6 Å². The molecule has 0 amide bonds. The van der Waals surface area contributed by atoms with Gasteiger partial charge in [-0.1, -0.05) is 13.0 Å². The Balaban J connectivity index is 1.44. The summed E-state index contributed by atoms with van der Waals surface area (Å²) in [5.74, 6) is -1.46. The van der Waals surface area contributed by atoms with Crippen molar-refractivity contribution >= 4 is 27.5 Å². The molecule has 11 heteroatoms. The summed E-state index contributed by atoms with van der Waals surface area (Å²) in [6, 6.07) is 7.18. The molecule has 2 unspecified atom stereocenters. The van der Waals surface area contributed by atoms with Crippen LogP contribution in [0.15, 0.2) is 42.7 Å². The SMILES string of the molecule is CCc1c(F)ccc2cc(O)cc(-c3c(F)cc4c(N5CC6CCC(C5)N6)nc(OCc5nccn5C)nc4c3F)c12. The molecule has 216 valence electrons. The minimum atomic E-state index is -0.938. The number of phenolic OH excluding ortho intramolecular Hbond substituents is 1. The summed E-state index contributed by atoms with van der Waals surface area (Å²) in [6.07, 6.45) is 5.74. The van der Waals surface area contributed by atoms with Gasteiger partial charge in [0.05, 0.1) is 5.56 Å². The molecule has 42 heavy (non-hydrogen) atoms. The zero-order chi connectivity index (χ0) is 29.1. The Morgan fingerprint density at radius 2 is 1.83 bits per heavy atom. The molecular formula is C31H29F3N6O2. The van der Waals surface area contributed by atoms with Crippen LogP contribution < -0.4 is 15.0 Å². The molecule has 8 nitrogen and oxygen atoms in total. The first-order chi connectivity index (χ1) is 20.3. The van der Waals surface area contributed by atoms with Crippen LogP contribution in [0.2, 0.25) is 0 Å². The fourth-order valence-corrected chi connectivity index (χ4v) is 6.39. The highest BCUT2D eigenvalue weighted by Crippen LogP contribution is 2.42. The number of imidazole rings is 1. The summed E-state index contributed by atoms with van der Waals surface area (Å²) in [4.78, 5) is 15.3. The fraction of sp³-hybridized carbons (Fsp3) is 0.323. The monoisotopic (exact) mass is 574 g/mol. The van der Waals surface area contributed by atoms with Crippen LogP contribution in [0.1, 0.15) is 31.2 Å². The molecule has 7 rings (SSSR count). The molecule has 2 aliphatic heterocycles. The van der Waals surface area contributed by atoms with E-state index in [-0.39, 0.29) is 46.9 Å². The van der Waals surface area contributed by atoms with E-state index in [1.54, 1.807) is 23.9 Å². The van der Waals surface area contributed by atoms with Gasteiger partial charge in [0.1, 0.15) is 41.1 Å². The molecule has 0 saturated carbocycles. The minimum absolute atomic E-state index is 0.0489.